The third-order valence-electron chi connectivity index (χ3n) is 10.2. The number of aliphatic hydroxyl groups is 3. The molecule has 0 bridgehead atoms. The van der Waals surface area contributed by atoms with Gasteiger partial charge in [0, 0.05) is 12.8 Å². The van der Waals surface area contributed by atoms with Gasteiger partial charge in [0.1, 0.15) is 5.78 Å². The van der Waals surface area contributed by atoms with Gasteiger partial charge in [-0.05, 0) is 92.1 Å². The molecule has 0 aromatic rings. The second-order valence-electron chi connectivity index (χ2n) is 12.5. The molecule has 4 aliphatic rings. The normalized spacial score (nSPS) is 37.9. The lowest BCUT2D eigenvalue weighted by Crippen LogP contribution is -2.35. The van der Waals surface area contributed by atoms with Crippen molar-refractivity contribution < 1.29 is 20.1 Å². The van der Waals surface area contributed by atoms with Crippen LogP contribution in [0.4, 0.5) is 0 Å². The molecule has 0 amide bonds. The van der Waals surface area contributed by atoms with E-state index in [-0.39, 0.29) is 11.2 Å². The summed E-state index contributed by atoms with van der Waals surface area (Å²) < 4.78 is 0. The van der Waals surface area contributed by atoms with Crippen molar-refractivity contribution in [1.82, 2.24) is 0 Å². The number of hydrogen-bond acceptors (Lipinski definition) is 4. The standard InChI is InChI=1S/C32H48O4/c1-5-6-9-29(35)32(17-18-32)30(36)15-10-21(2)26-13-14-27-23(8-7-16-31(26,27)4)11-12-24-19-25(33)20-28(34)22(24)3/h10-12,15,21,25-28,30,33-34,36H,3,5-9,13-14,16-20H2,1-2,4H3/b15-10+,23-11+,24-12-/t21-,25-,26-,27+,28+,30+,31-/m1/s1. The van der Waals surface area contributed by atoms with Crippen molar-refractivity contribution >= 4 is 5.78 Å². The van der Waals surface area contributed by atoms with Gasteiger partial charge in [0.25, 0.3) is 0 Å². The van der Waals surface area contributed by atoms with Crippen LogP contribution in [0.15, 0.2) is 47.6 Å². The van der Waals surface area contributed by atoms with Gasteiger partial charge in [0.15, 0.2) is 0 Å². The summed E-state index contributed by atoms with van der Waals surface area (Å²) in [7, 11) is 0. The number of allylic oxidation sites excluding steroid dienone is 4. The van der Waals surface area contributed by atoms with E-state index < -0.39 is 23.7 Å². The maximum atomic E-state index is 12.7. The highest BCUT2D eigenvalue weighted by Crippen LogP contribution is 2.59. The van der Waals surface area contributed by atoms with Crippen molar-refractivity contribution in [2.24, 2.45) is 28.6 Å². The summed E-state index contributed by atoms with van der Waals surface area (Å²) in [4.78, 5) is 12.7. The zero-order valence-corrected chi connectivity index (χ0v) is 22.7. The third-order valence-corrected chi connectivity index (χ3v) is 10.2. The van der Waals surface area contributed by atoms with Gasteiger partial charge < -0.3 is 15.3 Å². The molecule has 36 heavy (non-hydrogen) atoms. The fourth-order valence-corrected chi connectivity index (χ4v) is 7.67. The molecule has 0 aliphatic heterocycles. The van der Waals surface area contributed by atoms with Crippen LogP contribution in [0.1, 0.15) is 97.8 Å². The molecule has 0 aromatic heterocycles. The fourth-order valence-electron chi connectivity index (χ4n) is 7.67. The van der Waals surface area contributed by atoms with Crippen LogP contribution < -0.4 is 0 Å². The Morgan fingerprint density at radius 1 is 1.17 bits per heavy atom. The van der Waals surface area contributed by atoms with Crippen LogP contribution in [0.25, 0.3) is 0 Å². The Morgan fingerprint density at radius 2 is 1.92 bits per heavy atom. The predicted molar refractivity (Wildman–Crippen MR) is 145 cm³/mol. The maximum Gasteiger partial charge on any atom is 0.141 e. The van der Waals surface area contributed by atoms with Crippen molar-refractivity contribution in [2.45, 2.75) is 116 Å². The summed E-state index contributed by atoms with van der Waals surface area (Å²) >= 11 is 0. The summed E-state index contributed by atoms with van der Waals surface area (Å²) in [5.41, 5.74) is 2.94. The Hall–Kier alpha value is -1.49. The summed E-state index contributed by atoms with van der Waals surface area (Å²) in [6.07, 6.45) is 17.7. The average Bonchev–Trinajstić information content (AvgIpc) is 3.58. The summed E-state index contributed by atoms with van der Waals surface area (Å²) in [6.45, 7) is 10.9. The van der Waals surface area contributed by atoms with E-state index in [0.717, 1.165) is 43.3 Å². The minimum absolute atomic E-state index is 0.230. The van der Waals surface area contributed by atoms with Gasteiger partial charge in [-0.2, -0.15) is 0 Å². The van der Waals surface area contributed by atoms with Crippen LogP contribution in [0.3, 0.4) is 0 Å². The zero-order valence-electron chi connectivity index (χ0n) is 22.7. The first-order valence-electron chi connectivity index (χ1n) is 14.5. The van der Waals surface area contributed by atoms with Gasteiger partial charge >= 0.3 is 0 Å². The molecule has 4 heteroatoms. The van der Waals surface area contributed by atoms with Gasteiger partial charge in [-0.3, -0.25) is 4.79 Å². The van der Waals surface area contributed by atoms with Crippen LogP contribution in [0.5, 0.6) is 0 Å². The Bertz CT molecular complexity index is 922. The molecule has 200 valence electrons. The Labute approximate surface area is 218 Å². The Morgan fingerprint density at radius 3 is 2.61 bits per heavy atom. The predicted octanol–water partition coefficient (Wildman–Crippen LogP) is 6.22. The number of carbonyl (C=O) groups is 1. The molecule has 0 heterocycles. The molecule has 0 saturated heterocycles. The average molecular weight is 497 g/mol. The van der Waals surface area contributed by atoms with E-state index in [4.69, 9.17) is 0 Å². The van der Waals surface area contributed by atoms with Crippen molar-refractivity contribution in [3.63, 3.8) is 0 Å². The number of fused-ring (bicyclic) bond motifs is 1. The molecular weight excluding hydrogens is 448 g/mol. The van der Waals surface area contributed by atoms with Gasteiger partial charge in [-0.15, -0.1) is 0 Å². The van der Waals surface area contributed by atoms with E-state index in [1.165, 1.54) is 31.3 Å². The van der Waals surface area contributed by atoms with Crippen LogP contribution in [-0.4, -0.2) is 39.4 Å². The first-order chi connectivity index (χ1) is 17.1. The van der Waals surface area contributed by atoms with Crippen LogP contribution in [0.2, 0.25) is 0 Å². The molecule has 4 aliphatic carbocycles. The zero-order chi connectivity index (χ0) is 26.1. The van der Waals surface area contributed by atoms with E-state index >= 15 is 0 Å². The van der Waals surface area contributed by atoms with E-state index in [0.29, 0.717) is 37.0 Å². The van der Waals surface area contributed by atoms with Gasteiger partial charge in [0.05, 0.1) is 23.7 Å². The fraction of sp³-hybridized carbons (Fsp3) is 0.719. The van der Waals surface area contributed by atoms with Crippen molar-refractivity contribution in [3.05, 3.63) is 47.6 Å². The smallest absolute Gasteiger partial charge is 0.141 e. The number of unbranched alkanes of at least 4 members (excludes halogenated alkanes) is 1. The lowest BCUT2D eigenvalue weighted by molar-refractivity contribution is -0.127. The molecule has 0 radical (unpaired) electrons. The Kier molecular flexibility index (Phi) is 8.49. The van der Waals surface area contributed by atoms with Crippen LogP contribution in [0, 0.1) is 28.6 Å². The number of ketones is 1. The van der Waals surface area contributed by atoms with Crippen molar-refractivity contribution in [2.75, 3.05) is 0 Å². The SMILES string of the molecule is C=C1/C(=C\C=C2/CCC[C@]3(C)[C@@H]([C@H](C)/C=C/[C@H](O)C4(C(=O)CCCC)CC4)CC[C@@H]23)C[C@@H](O)C[C@@H]1O. The summed E-state index contributed by atoms with van der Waals surface area (Å²) in [5.74, 6) is 1.71. The lowest BCUT2D eigenvalue weighted by Gasteiger charge is -2.44. The molecule has 7 atom stereocenters. The molecule has 0 aromatic carbocycles. The second-order valence-corrected chi connectivity index (χ2v) is 12.5. The molecule has 0 unspecified atom stereocenters. The molecular formula is C32H48O4. The molecule has 4 rings (SSSR count). The second kappa shape index (κ2) is 11.1. The third kappa shape index (κ3) is 5.37. The van der Waals surface area contributed by atoms with Crippen molar-refractivity contribution in [3.8, 4) is 0 Å². The minimum Gasteiger partial charge on any atom is -0.393 e. The number of rotatable bonds is 9. The first kappa shape index (κ1) is 27.5. The van der Waals surface area contributed by atoms with Gasteiger partial charge in [0.2, 0.25) is 0 Å². The molecule has 4 fully saturated rings. The van der Waals surface area contributed by atoms with Crippen molar-refractivity contribution in [1.29, 1.82) is 0 Å². The van der Waals surface area contributed by atoms with E-state index in [9.17, 15) is 20.1 Å². The maximum absolute atomic E-state index is 12.7. The van der Waals surface area contributed by atoms with Crippen LogP contribution >= 0.6 is 0 Å². The van der Waals surface area contributed by atoms with E-state index in [2.05, 4.69) is 45.6 Å². The summed E-state index contributed by atoms with van der Waals surface area (Å²) in [5, 5.41) is 31.2. The first-order valence-corrected chi connectivity index (χ1v) is 14.5. The van der Waals surface area contributed by atoms with Crippen LogP contribution in [-0.2, 0) is 4.79 Å². The molecule has 4 nitrogen and oxygen atoms in total. The van der Waals surface area contributed by atoms with E-state index in [1.54, 1.807) is 0 Å². The lowest BCUT2D eigenvalue weighted by atomic mass is 9.61. The topological polar surface area (TPSA) is 77.8 Å². The van der Waals surface area contributed by atoms with Gasteiger partial charge in [-0.1, -0.05) is 63.6 Å². The highest BCUT2D eigenvalue weighted by atomic mass is 16.3. The highest BCUT2D eigenvalue weighted by Gasteiger charge is 2.54. The highest BCUT2D eigenvalue weighted by molar-refractivity contribution is 5.88. The quantitative estimate of drug-likeness (QED) is 0.331. The molecule has 4 saturated carbocycles. The number of aliphatic hydroxyl groups excluding tert-OH is 3. The number of Topliss-reactive ketones (excluding diaryl/α,β-unsaturated/α-hetero) is 1. The van der Waals surface area contributed by atoms with E-state index in [1.807, 2.05) is 6.08 Å². The summed E-state index contributed by atoms with van der Waals surface area (Å²) in [6, 6.07) is 0. The number of carbonyl (C=O) groups excluding carboxylic acids is 1. The Balaban J connectivity index is 1.44. The monoisotopic (exact) mass is 496 g/mol. The largest absolute Gasteiger partial charge is 0.393 e. The number of hydrogen-bond donors (Lipinski definition) is 3. The molecule has 3 N–H and O–H groups in total. The van der Waals surface area contributed by atoms with Gasteiger partial charge in [-0.25, -0.2) is 0 Å². The molecule has 0 spiro atoms. The minimum atomic E-state index is -0.656.